The van der Waals surface area contributed by atoms with E-state index in [1.807, 2.05) is 21.1 Å². The summed E-state index contributed by atoms with van der Waals surface area (Å²) in [6.45, 7) is 4.21. The molecule has 0 saturated carbocycles. The van der Waals surface area contributed by atoms with Crippen molar-refractivity contribution < 1.29 is 42.1 Å². The first kappa shape index (κ1) is 54.5. The summed E-state index contributed by atoms with van der Waals surface area (Å²) in [5.41, 5.74) is 0. The maximum Gasteiger partial charge on any atom is 0.306 e. The molecular weight excluding hydrogens is 725 g/mol. The molecule has 330 valence electrons. The molecule has 9 nitrogen and oxygen atoms in total. The number of carbonyl (C=O) groups excluding carboxylic acids is 2. The van der Waals surface area contributed by atoms with Crippen LogP contribution in [0.1, 0.15) is 206 Å². The highest BCUT2D eigenvalue weighted by Gasteiger charge is 2.21. The average Bonchev–Trinajstić information content (AvgIpc) is 3.15. The number of esters is 2. The molecule has 56 heavy (non-hydrogen) atoms. The van der Waals surface area contributed by atoms with E-state index in [4.69, 9.17) is 18.5 Å². The summed E-state index contributed by atoms with van der Waals surface area (Å²) in [6.07, 6.45) is 41.9. The molecule has 0 amide bonds. The molecule has 2 unspecified atom stereocenters. The molecule has 0 rings (SSSR count). The van der Waals surface area contributed by atoms with Gasteiger partial charge in [-0.3, -0.25) is 14.2 Å². The van der Waals surface area contributed by atoms with Crippen molar-refractivity contribution in [3.05, 3.63) is 24.3 Å². The Labute approximate surface area is 345 Å². The number of allylic oxidation sites excluding steroid dienone is 4. The van der Waals surface area contributed by atoms with E-state index in [1.54, 1.807) is 0 Å². The molecule has 0 fully saturated rings. The van der Waals surface area contributed by atoms with Crippen LogP contribution in [0.25, 0.3) is 0 Å². The number of rotatable bonds is 42. The van der Waals surface area contributed by atoms with Gasteiger partial charge < -0.3 is 27.9 Å². The van der Waals surface area contributed by atoms with E-state index in [-0.39, 0.29) is 32.0 Å². The van der Waals surface area contributed by atoms with Crippen LogP contribution in [0.15, 0.2) is 24.3 Å². The van der Waals surface area contributed by atoms with Crippen molar-refractivity contribution in [2.75, 3.05) is 47.5 Å². The lowest BCUT2D eigenvalue weighted by atomic mass is 10.0. The molecular formula is C46H88NO8P. The van der Waals surface area contributed by atoms with Gasteiger partial charge in [0.2, 0.25) is 0 Å². The Kier molecular flexibility index (Phi) is 37.9. The molecule has 10 heteroatoms. The molecule has 0 N–H and O–H groups in total. The fourth-order valence-corrected chi connectivity index (χ4v) is 7.06. The SMILES string of the molecule is CCCCC/C=C\C/C=C\CCCCCCCCCC(=O)OC(COC(=O)CCCCCCCCCCCCCCCCC)COP(=O)([O-])OCC[N+](C)(C)C. The summed E-state index contributed by atoms with van der Waals surface area (Å²) in [6, 6.07) is 0. The number of unbranched alkanes of at least 4 members (excludes halogenated alkanes) is 24. The van der Waals surface area contributed by atoms with Crippen molar-refractivity contribution in [1.29, 1.82) is 0 Å². The van der Waals surface area contributed by atoms with Crippen molar-refractivity contribution in [1.82, 2.24) is 0 Å². The fraction of sp³-hybridized carbons (Fsp3) is 0.870. The topological polar surface area (TPSA) is 111 Å². The number of phosphoric acid groups is 1. The first-order valence-electron chi connectivity index (χ1n) is 23.0. The van der Waals surface area contributed by atoms with Crippen LogP contribution in [0.4, 0.5) is 0 Å². The fourth-order valence-electron chi connectivity index (χ4n) is 6.33. The van der Waals surface area contributed by atoms with Gasteiger partial charge in [-0.1, -0.05) is 173 Å². The molecule has 0 heterocycles. The number of phosphoric ester groups is 1. The van der Waals surface area contributed by atoms with Crippen LogP contribution < -0.4 is 4.89 Å². The van der Waals surface area contributed by atoms with E-state index in [0.717, 1.165) is 51.4 Å². The molecule has 0 aromatic heterocycles. The normalized spacial score (nSPS) is 13.8. The molecule has 2 atom stereocenters. The van der Waals surface area contributed by atoms with Gasteiger partial charge in [0.15, 0.2) is 6.10 Å². The summed E-state index contributed by atoms with van der Waals surface area (Å²) in [7, 11) is 1.17. The zero-order valence-corrected chi connectivity index (χ0v) is 38.0. The third-order valence-corrected chi connectivity index (χ3v) is 10.9. The van der Waals surface area contributed by atoms with Gasteiger partial charge in [-0.25, -0.2) is 0 Å². The van der Waals surface area contributed by atoms with E-state index in [9.17, 15) is 19.0 Å². The molecule has 0 aliphatic heterocycles. The summed E-state index contributed by atoms with van der Waals surface area (Å²) >= 11 is 0. The standard InChI is InChI=1S/C46H88NO8P/c1-6-8-10-12-14-16-18-20-22-23-25-27-29-31-33-35-37-39-46(49)55-44(43-54-56(50,51)53-41-40-47(3,4)5)42-52-45(48)38-36-34-32-30-28-26-24-21-19-17-15-13-11-9-7-2/h14,16,20,22,44H,6-13,15,17-19,21,23-43H2,1-5H3/b16-14-,22-20-. The third kappa shape index (κ3) is 42.1. The minimum atomic E-state index is -4.62. The second kappa shape index (κ2) is 39.0. The van der Waals surface area contributed by atoms with Crippen LogP contribution in [0.3, 0.4) is 0 Å². The van der Waals surface area contributed by atoms with Crippen molar-refractivity contribution in [2.24, 2.45) is 0 Å². The molecule has 0 radical (unpaired) electrons. The number of hydrogen-bond donors (Lipinski definition) is 0. The average molecular weight is 814 g/mol. The van der Waals surface area contributed by atoms with E-state index in [0.29, 0.717) is 17.4 Å². The van der Waals surface area contributed by atoms with Gasteiger partial charge in [-0.15, -0.1) is 0 Å². The van der Waals surface area contributed by atoms with Gasteiger partial charge in [0.05, 0.1) is 27.7 Å². The maximum absolute atomic E-state index is 12.7. The molecule has 0 aromatic carbocycles. The number of likely N-dealkylation sites (N-methyl/N-ethyl adjacent to an activating group) is 1. The predicted octanol–water partition coefficient (Wildman–Crippen LogP) is 12.5. The Bertz CT molecular complexity index is 1010. The Hall–Kier alpha value is -1.51. The van der Waals surface area contributed by atoms with Gasteiger partial charge in [0.25, 0.3) is 7.82 Å². The number of nitrogens with zero attached hydrogens (tertiary/aromatic N) is 1. The monoisotopic (exact) mass is 814 g/mol. The Morgan fingerprint density at radius 1 is 0.554 bits per heavy atom. The maximum atomic E-state index is 12.7. The Balaban J connectivity index is 4.33. The molecule has 0 aliphatic rings. The van der Waals surface area contributed by atoms with E-state index >= 15 is 0 Å². The van der Waals surface area contributed by atoms with Crippen LogP contribution in [0.2, 0.25) is 0 Å². The zero-order chi connectivity index (χ0) is 41.4. The van der Waals surface area contributed by atoms with E-state index in [1.165, 1.54) is 122 Å². The largest absolute Gasteiger partial charge is 0.756 e. The van der Waals surface area contributed by atoms with Crippen LogP contribution >= 0.6 is 7.82 Å². The van der Waals surface area contributed by atoms with Crippen molar-refractivity contribution in [3.63, 3.8) is 0 Å². The third-order valence-electron chi connectivity index (χ3n) is 9.97. The van der Waals surface area contributed by atoms with Gasteiger partial charge in [-0.2, -0.15) is 0 Å². The minimum Gasteiger partial charge on any atom is -0.756 e. The highest BCUT2D eigenvalue weighted by molar-refractivity contribution is 7.45. The van der Waals surface area contributed by atoms with Crippen LogP contribution in [-0.2, 0) is 32.7 Å². The van der Waals surface area contributed by atoms with Gasteiger partial charge in [0.1, 0.15) is 19.8 Å². The smallest absolute Gasteiger partial charge is 0.306 e. The Morgan fingerprint density at radius 2 is 0.964 bits per heavy atom. The summed E-state index contributed by atoms with van der Waals surface area (Å²) < 4.78 is 33.9. The van der Waals surface area contributed by atoms with E-state index in [2.05, 4.69) is 38.2 Å². The molecule has 0 spiro atoms. The molecule has 0 aliphatic carbocycles. The van der Waals surface area contributed by atoms with Gasteiger partial charge in [-0.05, 0) is 44.9 Å². The highest BCUT2D eigenvalue weighted by atomic mass is 31.2. The lowest BCUT2D eigenvalue weighted by Gasteiger charge is -2.28. The first-order valence-corrected chi connectivity index (χ1v) is 24.5. The van der Waals surface area contributed by atoms with Gasteiger partial charge >= 0.3 is 11.9 Å². The predicted molar refractivity (Wildman–Crippen MR) is 231 cm³/mol. The number of carbonyl (C=O) groups is 2. The van der Waals surface area contributed by atoms with E-state index < -0.39 is 26.5 Å². The van der Waals surface area contributed by atoms with Crippen LogP contribution in [-0.4, -0.2) is 70.0 Å². The first-order chi connectivity index (χ1) is 27.0. The van der Waals surface area contributed by atoms with Crippen molar-refractivity contribution >= 4 is 19.8 Å². The second-order valence-corrected chi connectivity index (χ2v) is 18.2. The van der Waals surface area contributed by atoms with Crippen LogP contribution in [0, 0.1) is 0 Å². The summed E-state index contributed by atoms with van der Waals surface area (Å²) in [4.78, 5) is 37.6. The molecule has 0 saturated heterocycles. The van der Waals surface area contributed by atoms with Crippen LogP contribution in [0.5, 0.6) is 0 Å². The lowest BCUT2D eigenvalue weighted by molar-refractivity contribution is -0.870. The van der Waals surface area contributed by atoms with Crippen molar-refractivity contribution in [2.45, 2.75) is 213 Å². The molecule has 0 aromatic rings. The second-order valence-electron chi connectivity index (χ2n) is 16.8. The van der Waals surface area contributed by atoms with Gasteiger partial charge in [0, 0.05) is 12.8 Å². The summed E-state index contributed by atoms with van der Waals surface area (Å²) in [5.74, 6) is -0.835. The molecule has 0 bridgehead atoms. The number of ether oxygens (including phenoxy) is 2. The quantitative estimate of drug-likeness (QED) is 0.0197. The van der Waals surface area contributed by atoms with Crippen molar-refractivity contribution in [3.8, 4) is 0 Å². The Morgan fingerprint density at radius 3 is 1.45 bits per heavy atom. The number of hydrogen-bond acceptors (Lipinski definition) is 8. The summed E-state index contributed by atoms with van der Waals surface area (Å²) in [5, 5.41) is 0. The highest BCUT2D eigenvalue weighted by Crippen LogP contribution is 2.38. The number of quaternary nitrogens is 1. The minimum absolute atomic E-state index is 0.0306. The lowest BCUT2D eigenvalue weighted by Crippen LogP contribution is -2.37. The zero-order valence-electron chi connectivity index (χ0n) is 37.1.